The molecule has 2 aromatic heterocycles. The Labute approximate surface area is 115 Å². The number of thiophene rings is 1. The van der Waals surface area contributed by atoms with Crippen LogP contribution < -0.4 is 4.72 Å². The van der Waals surface area contributed by atoms with Gasteiger partial charge >= 0.3 is 0 Å². The molecule has 19 heavy (non-hydrogen) atoms. The average molecular weight is 301 g/mol. The number of nitrogens with zero attached hydrogens (tertiary/aromatic N) is 2. The molecule has 2 heterocycles. The zero-order valence-electron chi connectivity index (χ0n) is 10.6. The van der Waals surface area contributed by atoms with Crippen molar-refractivity contribution < 1.29 is 13.5 Å². The third kappa shape index (κ3) is 3.03. The predicted octanol–water partition coefficient (Wildman–Crippen LogP) is 0.761. The van der Waals surface area contributed by atoms with Crippen molar-refractivity contribution in [3.8, 4) is 0 Å². The van der Waals surface area contributed by atoms with E-state index < -0.39 is 10.0 Å². The topological polar surface area (TPSA) is 84.2 Å². The lowest BCUT2D eigenvalue weighted by Crippen LogP contribution is -2.24. The van der Waals surface area contributed by atoms with Crippen LogP contribution in [0.2, 0.25) is 0 Å². The second-order valence-electron chi connectivity index (χ2n) is 4.07. The van der Waals surface area contributed by atoms with Crippen LogP contribution in [0.4, 0.5) is 0 Å². The lowest BCUT2D eigenvalue weighted by atomic mass is 10.4. The van der Waals surface area contributed by atoms with Gasteiger partial charge in [0, 0.05) is 29.2 Å². The number of aliphatic hydroxyl groups is 1. The standard InChI is InChI=1S/C11H15N3O3S2/c1-8-10(5-9(7-15)18-8)19(16,17)13-6-11-12-3-4-14(11)2/h3-5,13,15H,6-7H2,1-2H3. The summed E-state index contributed by atoms with van der Waals surface area (Å²) in [6.07, 6.45) is 3.37. The summed E-state index contributed by atoms with van der Waals surface area (Å²) in [5.41, 5.74) is 0. The van der Waals surface area contributed by atoms with Crippen LogP contribution in [0.5, 0.6) is 0 Å². The summed E-state index contributed by atoms with van der Waals surface area (Å²) in [5, 5.41) is 9.04. The smallest absolute Gasteiger partial charge is 0.242 e. The van der Waals surface area contributed by atoms with Crippen molar-refractivity contribution in [3.05, 3.63) is 34.0 Å². The first-order valence-corrected chi connectivity index (χ1v) is 7.90. The van der Waals surface area contributed by atoms with E-state index in [-0.39, 0.29) is 18.0 Å². The molecule has 0 saturated carbocycles. The van der Waals surface area contributed by atoms with E-state index in [0.29, 0.717) is 15.6 Å². The number of hydrogen-bond donors (Lipinski definition) is 2. The van der Waals surface area contributed by atoms with Crippen LogP contribution in [-0.4, -0.2) is 23.1 Å². The van der Waals surface area contributed by atoms with Gasteiger partial charge in [-0.05, 0) is 13.0 Å². The average Bonchev–Trinajstić information content (AvgIpc) is 2.93. The minimum absolute atomic E-state index is 0.135. The summed E-state index contributed by atoms with van der Waals surface area (Å²) < 4.78 is 28.6. The molecule has 0 atom stereocenters. The fourth-order valence-electron chi connectivity index (χ4n) is 1.67. The first-order valence-electron chi connectivity index (χ1n) is 5.60. The van der Waals surface area contributed by atoms with E-state index in [2.05, 4.69) is 9.71 Å². The molecule has 0 bridgehead atoms. The molecule has 0 radical (unpaired) electrons. The van der Waals surface area contributed by atoms with E-state index in [1.165, 1.54) is 17.4 Å². The molecule has 0 aliphatic rings. The van der Waals surface area contributed by atoms with Crippen molar-refractivity contribution in [2.75, 3.05) is 0 Å². The van der Waals surface area contributed by atoms with Crippen molar-refractivity contribution >= 4 is 21.4 Å². The van der Waals surface area contributed by atoms with Gasteiger partial charge in [-0.2, -0.15) is 0 Å². The molecule has 104 valence electrons. The van der Waals surface area contributed by atoms with Crippen LogP contribution in [0.3, 0.4) is 0 Å². The summed E-state index contributed by atoms with van der Waals surface area (Å²) in [7, 11) is -1.78. The van der Waals surface area contributed by atoms with Crippen molar-refractivity contribution in [1.29, 1.82) is 0 Å². The monoisotopic (exact) mass is 301 g/mol. The van der Waals surface area contributed by atoms with E-state index in [4.69, 9.17) is 5.11 Å². The molecule has 0 unspecified atom stereocenters. The predicted molar refractivity (Wildman–Crippen MR) is 72.2 cm³/mol. The molecule has 0 aliphatic carbocycles. The maximum absolute atomic E-state index is 12.2. The molecule has 0 amide bonds. The number of aliphatic hydroxyl groups excluding tert-OH is 1. The molecule has 2 aromatic rings. The van der Waals surface area contributed by atoms with Crippen molar-refractivity contribution in [1.82, 2.24) is 14.3 Å². The summed E-state index contributed by atoms with van der Waals surface area (Å²) >= 11 is 1.28. The van der Waals surface area contributed by atoms with E-state index in [0.717, 1.165) is 0 Å². The molecule has 0 aromatic carbocycles. The fourth-order valence-corrected chi connectivity index (χ4v) is 4.15. The van der Waals surface area contributed by atoms with Gasteiger partial charge in [0.1, 0.15) is 5.82 Å². The summed E-state index contributed by atoms with van der Waals surface area (Å²) in [4.78, 5) is 5.57. The zero-order chi connectivity index (χ0) is 14.0. The SMILES string of the molecule is Cc1sc(CO)cc1S(=O)(=O)NCc1nccn1C. The molecule has 0 saturated heterocycles. The minimum Gasteiger partial charge on any atom is -0.391 e. The number of imidazole rings is 1. The Kier molecular flexibility index (Phi) is 4.04. The minimum atomic E-state index is -3.58. The third-order valence-corrected chi connectivity index (χ3v) is 5.40. The number of sulfonamides is 1. The number of aryl methyl sites for hydroxylation is 2. The van der Waals surface area contributed by atoms with Gasteiger partial charge < -0.3 is 9.67 Å². The lowest BCUT2D eigenvalue weighted by Gasteiger charge is -2.06. The van der Waals surface area contributed by atoms with E-state index in [9.17, 15) is 8.42 Å². The largest absolute Gasteiger partial charge is 0.391 e. The highest BCUT2D eigenvalue weighted by atomic mass is 32.2. The zero-order valence-corrected chi connectivity index (χ0v) is 12.3. The Morgan fingerprint density at radius 1 is 1.53 bits per heavy atom. The maximum atomic E-state index is 12.2. The van der Waals surface area contributed by atoms with Gasteiger partial charge in [-0.15, -0.1) is 11.3 Å². The molecule has 6 nitrogen and oxygen atoms in total. The normalized spacial score (nSPS) is 11.9. The second kappa shape index (κ2) is 5.41. The highest BCUT2D eigenvalue weighted by molar-refractivity contribution is 7.89. The first-order chi connectivity index (χ1) is 8.94. The number of hydrogen-bond acceptors (Lipinski definition) is 5. The van der Waals surface area contributed by atoms with Crippen LogP contribution in [0.15, 0.2) is 23.4 Å². The molecule has 0 fully saturated rings. The van der Waals surface area contributed by atoms with E-state index >= 15 is 0 Å². The Hall–Kier alpha value is -1.22. The summed E-state index contributed by atoms with van der Waals surface area (Å²) in [6.45, 7) is 1.70. The van der Waals surface area contributed by atoms with Gasteiger partial charge in [0.15, 0.2) is 0 Å². The summed E-state index contributed by atoms with van der Waals surface area (Å²) in [6, 6.07) is 1.50. The number of rotatable bonds is 5. The van der Waals surface area contributed by atoms with Crippen LogP contribution >= 0.6 is 11.3 Å². The lowest BCUT2D eigenvalue weighted by molar-refractivity contribution is 0.285. The molecule has 8 heteroatoms. The highest BCUT2D eigenvalue weighted by Gasteiger charge is 2.20. The van der Waals surface area contributed by atoms with Gasteiger partial charge in [0.2, 0.25) is 10.0 Å². The van der Waals surface area contributed by atoms with Crippen LogP contribution in [0.1, 0.15) is 15.6 Å². The summed E-state index contributed by atoms with van der Waals surface area (Å²) in [5.74, 6) is 0.638. The van der Waals surface area contributed by atoms with Crippen LogP contribution in [-0.2, 0) is 30.2 Å². The van der Waals surface area contributed by atoms with Crippen LogP contribution in [0.25, 0.3) is 0 Å². The molecule has 0 aliphatic heterocycles. The molecular weight excluding hydrogens is 286 g/mol. The number of aromatic nitrogens is 2. The van der Waals surface area contributed by atoms with Crippen LogP contribution in [0, 0.1) is 6.92 Å². The van der Waals surface area contributed by atoms with E-state index in [1.54, 1.807) is 30.9 Å². The van der Waals surface area contributed by atoms with Crippen molar-refractivity contribution in [2.24, 2.45) is 7.05 Å². The van der Waals surface area contributed by atoms with Gasteiger partial charge in [0.05, 0.1) is 18.0 Å². The molecular formula is C11H15N3O3S2. The fraction of sp³-hybridized carbons (Fsp3) is 0.364. The maximum Gasteiger partial charge on any atom is 0.242 e. The Balaban J connectivity index is 2.18. The molecule has 2 rings (SSSR count). The van der Waals surface area contributed by atoms with Gasteiger partial charge in [-0.1, -0.05) is 0 Å². The van der Waals surface area contributed by atoms with Gasteiger partial charge in [0.25, 0.3) is 0 Å². The second-order valence-corrected chi connectivity index (χ2v) is 7.15. The molecule has 2 N–H and O–H groups in total. The van der Waals surface area contributed by atoms with Gasteiger partial charge in [-0.25, -0.2) is 18.1 Å². The Morgan fingerprint density at radius 3 is 2.79 bits per heavy atom. The van der Waals surface area contributed by atoms with Gasteiger partial charge in [-0.3, -0.25) is 0 Å². The third-order valence-electron chi connectivity index (χ3n) is 2.71. The van der Waals surface area contributed by atoms with Crippen molar-refractivity contribution in [2.45, 2.75) is 25.0 Å². The van der Waals surface area contributed by atoms with E-state index in [1.807, 2.05) is 0 Å². The highest BCUT2D eigenvalue weighted by Crippen LogP contribution is 2.25. The quantitative estimate of drug-likeness (QED) is 0.854. The first kappa shape index (κ1) is 14.2. The number of nitrogens with one attached hydrogen (secondary N) is 1. The Morgan fingerprint density at radius 2 is 2.26 bits per heavy atom. The van der Waals surface area contributed by atoms with Crippen molar-refractivity contribution in [3.63, 3.8) is 0 Å². The molecule has 0 spiro atoms. The Bertz CT molecular complexity index is 673.